The Kier molecular flexibility index (Phi) is 4.66. The number of aromatic nitrogens is 2. The van der Waals surface area contributed by atoms with Gasteiger partial charge in [0.25, 0.3) is 0 Å². The molecule has 110 valence electrons. The van der Waals surface area contributed by atoms with E-state index in [9.17, 15) is 0 Å². The fourth-order valence-corrected chi connectivity index (χ4v) is 3.45. The third kappa shape index (κ3) is 3.16. The van der Waals surface area contributed by atoms with Gasteiger partial charge >= 0.3 is 0 Å². The SMILES string of the molecule is CCNC(c1ccc(Br)cn1)C1CCCc2cccnc21. The molecule has 2 aromatic heterocycles. The van der Waals surface area contributed by atoms with E-state index >= 15 is 0 Å². The van der Waals surface area contributed by atoms with Gasteiger partial charge in [0.2, 0.25) is 0 Å². The molecule has 0 saturated carbocycles. The zero-order chi connectivity index (χ0) is 14.7. The highest BCUT2D eigenvalue weighted by Gasteiger charge is 2.30. The molecule has 0 aromatic carbocycles. The van der Waals surface area contributed by atoms with Gasteiger partial charge in [-0.3, -0.25) is 9.97 Å². The minimum absolute atomic E-state index is 0.233. The second-order valence-electron chi connectivity index (χ2n) is 5.48. The molecule has 21 heavy (non-hydrogen) atoms. The van der Waals surface area contributed by atoms with Gasteiger partial charge in [-0.15, -0.1) is 0 Å². The van der Waals surface area contributed by atoms with Gasteiger partial charge in [-0.2, -0.15) is 0 Å². The van der Waals surface area contributed by atoms with Crippen molar-refractivity contribution >= 4 is 15.9 Å². The summed E-state index contributed by atoms with van der Waals surface area (Å²) in [6.07, 6.45) is 7.32. The summed E-state index contributed by atoms with van der Waals surface area (Å²) < 4.78 is 1.02. The molecule has 0 amide bonds. The molecule has 0 fully saturated rings. The third-order valence-corrected chi connectivity index (χ3v) is 4.60. The number of hydrogen-bond donors (Lipinski definition) is 1. The summed E-state index contributed by atoms with van der Waals surface area (Å²) in [5.74, 6) is 0.406. The minimum atomic E-state index is 0.233. The Bertz CT molecular complexity index is 597. The number of hydrogen-bond acceptors (Lipinski definition) is 3. The van der Waals surface area contributed by atoms with Crippen LogP contribution in [-0.4, -0.2) is 16.5 Å². The number of aryl methyl sites for hydroxylation is 1. The zero-order valence-electron chi connectivity index (χ0n) is 12.2. The number of fused-ring (bicyclic) bond motifs is 1. The van der Waals surface area contributed by atoms with E-state index in [0.717, 1.165) is 23.1 Å². The topological polar surface area (TPSA) is 37.8 Å². The van der Waals surface area contributed by atoms with Crippen LogP contribution in [0.3, 0.4) is 0 Å². The molecular formula is C17H20BrN3. The van der Waals surface area contributed by atoms with Gasteiger partial charge in [0, 0.05) is 28.5 Å². The van der Waals surface area contributed by atoms with Crippen LogP contribution in [0.15, 0.2) is 41.1 Å². The first-order valence-corrected chi connectivity index (χ1v) is 8.37. The Morgan fingerprint density at radius 1 is 1.33 bits per heavy atom. The molecular weight excluding hydrogens is 326 g/mol. The van der Waals surface area contributed by atoms with Gasteiger partial charge in [-0.1, -0.05) is 13.0 Å². The predicted molar refractivity (Wildman–Crippen MR) is 88.3 cm³/mol. The van der Waals surface area contributed by atoms with E-state index in [0.29, 0.717) is 5.92 Å². The monoisotopic (exact) mass is 345 g/mol. The first-order chi connectivity index (χ1) is 10.3. The molecule has 0 spiro atoms. The molecule has 1 aliphatic rings. The first-order valence-electron chi connectivity index (χ1n) is 7.58. The van der Waals surface area contributed by atoms with E-state index < -0.39 is 0 Å². The van der Waals surface area contributed by atoms with Gasteiger partial charge in [0.05, 0.1) is 11.7 Å². The van der Waals surface area contributed by atoms with E-state index in [1.807, 2.05) is 18.5 Å². The van der Waals surface area contributed by atoms with E-state index in [1.165, 1.54) is 24.1 Å². The standard InChI is InChI=1S/C17H20BrN3/c1-2-19-17(15-9-8-13(18)11-21-15)14-7-3-5-12-6-4-10-20-16(12)14/h4,6,8-11,14,17,19H,2-3,5,7H2,1H3. The highest BCUT2D eigenvalue weighted by molar-refractivity contribution is 9.10. The van der Waals surface area contributed by atoms with Gasteiger partial charge in [0.15, 0.2) is 0 Å². The van der Waals surface area contributed by atoms with Crippen LogP contribution in [0, 0.1) is 0 Å². The number of rotatable bonds is 4. The number of pyridine rings is 2. The molecule has 0 radical (unpaired) electrons. The second-order valence-corrected chi connectivity index (χ2v) is 6.40. The van der Waals surface area contributed by atoms with Crippen LogP contribution in [-0.2, 0) is 6.42 Å². The minimum Gasteiger partial charge on any atom is -0.308 e. The van der Waals surface area contributed by atoms with E-state index in [-0.39, 0.29) is 6.04 Å². The maximum absolute atomic E-state index is 4.67. The van der Waals surface area contributed by atoms with Crippen LogP contribution < -0.4 is 5.32 Å². The van der Waals surface area contributed by atoms with Gasteiger partial charge in [0.1, 0.15) is 0 Å². The Hall–Kier alpha value is -1.26. The highest BCUT2D eigenvalue weighted by Crippen LogP contribution is 2.38. The Balaban J connectivity index is 1.96. The van der Waals surface area contributed by atoms with E-state index in [4.69, 9.17) is 0 Å². The van der Waals surface area contributed by atoms with Gasteiger partial charge < -0.3 is 5.32 Å². The molecule has 2 aromatic rings. The molecule has 1 N–H and O–H groups in total. The lowest BCUT2D eigenvalue weighted by Crippen LogP contribution is -2.30. The summed E-state index contributed by atoms with van der Waals surface area (Å²) in [6, 6.07) is 8.66. The molecule has 2 atom stereocenters. The van der Waals surface area contributed by atoms with Crippen molar-refractivity contribution < 1.29 is 0 Å². The van der Waals surface area contributed by atoms with Crippen LogP contribution >= 0.6 is 15.9 Å². The molecule has 0 aliphatic heterocycles. The summed E-state index contributed by atoms with van der Waals surface area (Å²) in [7, 11) is 0. The van der Waals surface area contributed by atoms with Crippen molar-refractivity contribution in [2.75, 3.05) is 6.54 Å². The first kappa shape index (κ1) is 14.7. The average Bonchev–Trinajstić information content (AvgIpc) is 2.53. The molecule has 4 heteroatoms. The Morgan fingerprint density at radius 2 is 2.24 bits per heavy atom. The molecule has 3 nitrogen and oxygen atoms in total. The quantitative estimate of drug-likeness (QED) is 0.909. The normalized spacial score (nSPS) is 19.0. The second kappa shape index (κ2) is 6.67. The third-order valence-electron chi connectivity index (χ3n) is 4.13. The highest BCUT2D eigenvalue weighted by atomic mass is 79.9. The largest absolute Gasteiger partial charge is 0.308 e. The predicted octanol–water partition coefficient (Wildman–Crippen LogP) is 4.01. The van der Waals surface area contributed by atoms with Crippen molar-refractivity contribution in [1.82, 2.24) is 15.3 Å². The maximum Gasteiger partial charge on any atom is 0.0580 e. The summed E-state index contributed by atoms with van der Waals surface area (Å²) >= 11 is 3.46. The van der Waals surface area contributed by atoms with Gasteiger partial charge in [-0.05, 0) is 65.5 Å². The smallest absolute Gasteiger partial charge is 0.0580 e. The van der Waals surface area contributed by atoms with Crippen LogP contribution in [0.5, 0.6) is 0 Å². The number of likely N-dealkylation sites (N-methyl/N-ethyl adjacent to an activating group) is 1. The van der Waals surface area contributed by atoms with Crippen molar-refractivity contribution in [3.8, 4) is 0 Å². The van der Waals surface area contributed by atoms with Crippen molar-refractivity contribution in [2.24, 2.45) is 0 Å². The molecule has 1 aliphatic carbocycles. The van der Waals surface area contributed by atoms with Crippen LogP contribution in [0.4, 0.5) is 0 Å². The molecule has 3 rings (SSSR count). The summed E-state index contributed by atoms with van der Waals surface area (Å²) in [5.41, 5.74) is 3.75. The Labute approximate surface area is 134 Å². The van der Waals surface area contributed by atoms with Crippen LogP contribution in [0.25, 0.3) is 0 Å². The fraction of sp³-hybridized carbons (Fsp3) is 0.412. The summed E-state index contributed by atoms with van der Waals surface area (Å²) in [5, 5.41) is 3.61. The van der Waals surface area contributed by atoms with Crippen molar-refractivity contribution in [1.29, 1.82) is 0 Å². The lowest BCUT2D eigenvalue weighted by Gasteiger charge is -2.31. The number of halogens is 1. The van der Waals surface area contributed by atoms with E-state index in [2.05, 4.69) is 56.3 Å². The summed E-state index contributed by atoms with van der Waals surface area (Å²) in [6.45, 7) is 3.08. The molecule has 2 heterocycles. The Morgan fingerprint density at radius 3 is 3.00 bits per heavy atom. The maximum atomic E-state index is 4.67. The molecule has 2 unspecified atom stereocenters. The molecule has 0 bridgehead atoms. The van der Waals surface area contributed by atoms with Crippen molar-refractivity contribution in [3.63, 3.8) is 0 Å². The molecule has 0 saturated heterocycles. The van der Waals surface area contributed by atoms with Crippen LogP contribution in [0.2, 0.25) is 0 Å². The lowest BCUT2D eigenvalue weighted by molar-refractivity contribution is 0.394. The zero-order valence-corrected chi connectivity index (χ0v) is 13.8. The van der Waals surface area contributed by atoms with Crippen molar-refractivity contribution in [3.05, 3.63) is 58.1 Å². The van der Waals surface area contributed by atoms with Crippen LogP contribution in [0.1, 0.15) is 48.7 Å². The van der Waals surface area contributed by atoms with E-state index in [1.54, 1.807) is 0 Å². The summed E-state index contributed by atoms with van der Waals surface area (Å²) in [4.78, 5) is 9.28. The average molecular weight is 346 g/mol. The number of nitrogens with one attached hydrogen (secondary N) is 1. The fourth-order valence-electron chi connectivity index (χ4n) is 3.21. The van der Waals surface area contributed by atoms with Crippen molar-refractivity contribution in [2.45, 2.75) is 38.1 Å². The lowest BCUT2D eigenvalue weighted by atomic mass is 9.80. The van der Waals surface area contributed by atoms with Gasteiger partial charge in [-0.25, -0.2) is 0 Å². The number of nitrogens with zero attached hydrogens (tertiary/aromatic N) is 2.